The van der Waals surface area contributed by atoms with Crippen LogP contribution in [0.4, 0.5) is 16.1 Å². The van der Waals surface area contributed by atoms with E-state index < -0.39 is 17.6 Å². The highest BCUT2D eigenvalue weighted by molar-refractivity contribution is 7.99. The van der Waals surface area contributed by atoms with E-state index in [1.165, 1.54) is 30.2 Å². The second kappa shape index (κ2) is 7.73. The highest BCUT2D eigenvalue weighted by Gasteiger charge is 2.22. The Bertz CT molecular complexity index is 1320. The minimum atomic E-state index is -0.485. The molecule has 0 radical (unpaired) electrons. The molecule has 0 unspecified atom stereocenters. The molecule has 0 saturated heterocycles. The Morgan fingerprint density at radius 1 is 1.03 bits per heavy atom. The Hall–Kier alpha value is -3.91. The molecule has 3 aromatic carbocycles. The van der Waals surface area contributed by atoms with E-state index in [1.807, 2.05) is 30.3 Å². The smallest absolute Gasteiger partial charge is 0.302 e. The predicted molar refractivity (Wildman–Crippen MR) is 115 cm³/mol. The number of halogens is 1. The van der Waals surface area contributed by atoms with Crippen LogP contribution in [0.2, 0.25) is 0 Å². The third-order valence-electron chi connectivity index (χ3n) is 4.69. The van der Waals surface area contributed by atoms with Crippen LogP contribution in [0.3, 0.4) is 0 Å². The van der Waals surface area contributed by atoms with Gasteiger partial charge in [-0.15, -0.1) is 0 Å². The Morgan fingerprint density at radius 2 is 1.84 bits per heavy atom. The first kappa shape index (κ1) is 19.1. The van der Waals surface area contributed by atoms with E-state index >= 15 is 0 Å². The third-order valence-corrected chi connectivity index (χ3v) is 5.84. The van der Waals surface area contributed by atoms with Gasteiger partial charge < -0.3 is 9.73 Å². The van der Waals surface area contributed by atoms with Crippen LogP contribution in [0.5, 0.6) is 0 Å². The van der Waals surface area contributed by atoms with Crippen LogP contribution in [-0.2, 0) is 0 Å². The van der Waals surface area contributed by atoms with Crippen molar-refractivity contribution in [2.24, 2.45) is 0 Å². The summed E-state index contributed by atoms with van der Waals surface area (Å²) in [5.41, 5.74) is 2.51. The van der Waals surface area contributed by atoms with E-state index in [4.69, 9.17) is 4.42 Å². The molecule has 0 atom stereocenters. The zero-order valence-corrected chi connectivity index (χ0v) is 16.7. The monoisotopic (exact) mass is 431 g/mol. The van der Waals surface area contributed by atoms with Crippen molar-refractivity contribution in [2.75, 3.05) is 10.6 Å². The van der Waals surface area contributed by atoms with Gasteiger partial charge in [-0.25, -0.2) is 4.39 Å². The van der Waals surface area contributed by atoms with Crippen molar-refractivity contribution in [2.45, 2.75) is 9.79 Å². The molecule has 152 valence electrons. The van der Waals surface area contributed by atoms with E-state index in [2.05, 4.69) is 15.6 Å². The maximum absolute atomic E-state index is 13.6. The number of nitrogens with zero attached hydrogens (tertiary/aromatic N) is 1. The van der Waals surface area contributed by atoms with Gasteiger partial charge in [-0.2, -0.15) is 4.98 Å². The van der Waals surface area contributed by atoms with E-state index in [1.54, 1.807) is 24.3 Å². The van der Waals surface area contributed by atoms with Gasteiger partial charge in [0.25, 0.3) is 11.8 Å². The molecule has 0 bridgehead atoms. The van der Waals surface area contributed by atoms with Crippen molar-refractivity contribution in [1.82, 2.24) is 4.98 Å². The summed E-state index contributed by atoms with van der Waals surface area (Å²) in [6, 6.07) is 18.5. The number of hydrogen-bond donors (Lipinski definition) is 2. The summed E-state index contributed by atoms with van der Waals surface area (Å²) in [5, 5.41) is 5.37. The molecule has 8 heteroatoms. The van der Waals surface area contributed by atoms with Gasteiger partial charge in [0.1, 0.15) is 17.8 Å². The van der Waals surface area contributed by atoms with Gasteiger partial charge in [0.2, 0.25) is 0 Å². The first-order chi connectivity index (χ1) is 15.1. The number of aromatic nitrogens is 1. The lowest BCUT2D eigenvalue weighted by Crippen LogP contribution is -2.14. The van der Waals surface area contributed by atoms with Crippen molar-refractivity contribution >= 4 is 35.3 Å². The number of fused-ring (bicyclic) bond motifs is 2. The Morgan fingerprint density at radius 3 is 2.68 bits per heavy atom. The first-order valence-corrected chi connectivity index (χ1v) is 10.1. The normalized spacial score (nSPS) is 12.4. The fourth-order valence-corrected chi connectivity index (χ4v) is 4.17. The molecular weight excluding hydrogens is 417 g/mol. The van der Waals surface area contributed by atoms with Crippen LogP contribution in [0, 0.1) is 5.82 Å². The maximum atomic E-state index is 13.6. The Labute approximate surface area is 180 Å². The average molecular weight is 431 g/mol. The van der Waals surface area contributed by atoms with E-state index in [0.717, 1.165) is 10.5 Å². The molecule has 4 aromatic rings. The molecule has 1 aliphatic rings. The number of hydrogen-bond acceptors (Lipinski definition) is 5. The summed E-state index contributed by atoms with van der Waals surface area (Å²) < 4.78 is 18.9. The highest BCUT2D eigenvalue weighted by atomic mass is 32.2. The lowest BCUT2D eigenvalue weighted by molar-refractivity contribution is 0.101. The summed E-state index contributed by atoms with van der Waals surface area (Å²) >= 11 is 1.33. The van der Waals surface area contributed by atoms with Gasteiger partial charge in [0.15, 0.2) is 0 Å². The van der Waals surface area contributed by atoms with Gasteiger partial charge in [-0.3, -0.25) is 14.9 Å². The Balaban J connectivity index is 1.37. The lowest BCUT2D eigenvalue weighted by Gasteiger charge is -2.08. The van der Waals surface area contributed by atoms with E-state index in [-0.39, 0.29) is 11.6 Å². The summed E-state index contributed by atoms with van der Waals surface area (Å²) in [5.74, 6) is -1.35. The molecule has 2 amide bonds. The number of amides is 2. The van der Waals surface area contributed by atoms with Crippen molar-refractivity contribution in [1.29, 1.82) is 0 Å². The standard InChI is InChI=1S/C23H14FN3O3S/c24-15-7-9-19-16(11-15)22(29)25-17-10-14(6-8-20(17)31-19)21(28)27-23-26-18(12-30-23)13-4-2-1-3-5-13/h1-12H,(H,25,29)(H,26,27,28). The van der Waals surface area contributed by atoms with Crippen LogP contribution < -0.4 is 10.6 Å². The molecule has 31 heavy (non-hydrogen) atoms. The van der Waals surface area contributed by atoms with E-state index in [0.29, 0.717) is 21.8 Å². The lowest BCUT2D eigenvalue weighted by atomic mass is 10.1. The predicted octanol–water partition coefficient (Wildman–Crippen LogP) is 5.45. The van der Waals surface area contributed by atoms with Gasteiger partial charge in [-0.1, -0.05) is 42.1 Å². The molecule has 0 saturated carbocycles. The fraction of sp³-hybridized carbons (Fsp3) is 0. The minimum absolute atomic E-state index is 0.0695. The molecule has 0 fully saturated rings. The summed E-state index contributed by atoms with van der Waals surface area (Å²) in [6.45, 7) is 0. The zero-order valence-electron chi connectivity index (χ0n) is 15.9. The number of carbonyl (C=O) groups is 2. The quantitative estimate of drug-likeness (QED) is 0.451. The van der Waals surface area contributed by atoms with Gasteiger partial charge in [0, 0.05) is 20.9 Å². The van der Waals surface area contributed by atoms with E-state index in [9.17, 15) is 14.0 Å². The second-order valence-electron chi connectivity index (χ2n) is 6.77. The molecule has 0 aliphatic carbocycles. The zero-order chi connectivity index (χ0) is 21.4. The Kier molecular flexibility index (Phi) is 4.76. The van der Waals surface area contributed by atoms with Crippen LogP contribution in [0.25, 0.3) is 11.3 Å². The van der Waals surface area contributed by atoms with Crippen LogP contribution in [-0.4, -0.2) is 16.8 Å². The van der Waals surface area contributed by atoms with Crippen LogP contribution in [0.15, 0.2) is 87.2 Å². The molecule has 2 N–H and O–H groups in total. The topological polar surface area (TPSA) is 84.2 Å². The summed E-state index contributed by atoms with van der Waals surface area (Å²) in [4.78, 5) is 30.9. The number of rotatable bonds is 3. The number of oxazole rings is 1. The van der Waals surface area contributed by atoms with Crippen LogP contribution >= 0.6 is 11.8 Å². The molecule has 6 nitrogen and oxygen atoms in total. The van der Waals surface area contributed by atoms with Gasteiger partial charge in [0.05, 0.1) is 11.3 Å². The van der Waals surface area contributed by atoms with Crippen molar-refractivity contribution in [3.63, 3.8) is 0 Å². The van der Waals surface area contributed by atoms with Crippen molar-refractivity contribution < 1.29 is 18.4 Å². The van der Waals surface area contributed by atoms with Crippen LogP contribution in [0.1, 0.15) is 20.7 Å². The maximum Gasteiger partial charge on any atom is 0.302 e. The van der Waals surface area contributed by atoms with Gasteiger partial charge in [-0.05, 0) is 36.4 Å². The van der Waals surface area contributed by atoms with Crippen molar-refractivity contribution in [3.8, 4) is 11.3 Å². The minimum Gasteiger partial charge on any atom is -0.431 e. The third kappa shape index (κ3) is 3.80. The molecule has 1 aromatic heterocycles. The number of benzene rings is 3. The SMILES string of the molecule is O=C(Nc1nc(-c2ccccc2)co1)c1ccc2c(c1)NC(=O)c1cc(F)ccc1S2. The highest BCUT2D eigenvalue weighted by Crippen LogP contribution is 2.39. The molecular formula is C23H14FN3O3S. The number of carbonyl (C=O) groups excluding carboxylic acids is 2. The average Bonchev–Trinajstić information content (AvgIpc) is 3.19. The molecule has 2 heterocycles. The summed E-state index contributed by atoms with van der Waals surface area (Å²) in [6.07, 6.45) is 1.47. The second-order valence-corrected chi connectivity index (χ2v) is 7.85. The van der Waals surface area contributed by atoms with Crippen molar-refractivity contribution in [3.05, 3.63) is 89.9 Å². The molecule has 0 spiro atoms. The largest absolute Gasteiger partial charge is 0.431 e. The number of nitrogens with one attached hydrogen (secondary N) is 2. The molecule has 5 rings (SSSR count). The first-order valence-electron chi connectivity index (χ1n) is 9.32. The molecule has 1 aliphatic heterocycles. The fourth-order valence-electron chi connectivity index (χ4n) is 3.18. The number of anilines is 2. The van der Waals surface area contributed by atoms with Gasteiger partial charge >= 0.3 is 6.01 Å². The summed E-state index contributed by atoms with van der Waals surface area (Å²) in [7, 11) is 0.